The maximum Gasteiger partial charge on any atom is 0.0406 e. The fourth-order valence-corrected chi connectivity index (χ4v) is 2.38. The van der Waals surface area contributed by atoms with Crippen molar-refractivity contribution >= 4 is 29.3 Å². The van der Waals surface area contributed by atoms with Gasteiger partial charge in [0.25, 0.3) is 0 Å². The van der Waals surface area contributed by atoms with E-state index < -0.39 is 0 Å². The van der Waals surface area contributed by atoms with Crippen LogP contribution in [-0.4, -0.2) is 6.04 Å². The summed E-state index contributed by atoms with van der Waals surface area (Å²) in [5, 5.41) is 1.50. The molecule has 0 saturated heterocycles. The van der Waals surface area contributed by atoms with Crippen molar-refractivity contribution in [2.75, 3.05) is 0 Å². The molecule has 0 radical (unpaired) electrons. The zero-order chi connectivity index (χ0) is 15.2. The Hall–Kier alpha value is -1.28. The van der Waals surface area contributed by atoms with Gasteiger partial charge in [-0.2, -0.15) is 0 Å². The highest BCUT2D eigenvalue weighted by molar-refractivity contribution is 6.30. The molecule has 0 heterocycles. The first-order valence-electron chi connectivity index (χ1n) is 6.98. The number of hydrogen-bond acceptors (Lipinski definition) is 1. The van der Waals surface area contributed by atoms with Crippen molar-refractivity contribution in [2.24, 2.45) is 11.7 Å². The highest BCUT2D eigenvalue weighted by Crippen LogP contribution is 2.18. The number of nitrogens with two attached hydrogens (primary N) is 1. The van der Waals surface area contributed by atoms with Crippen molar-refractivity contribution < 1.29 is 0 Å². The monoisotopic (exact) mass is 319 g/mol. The van der Waals surface area contributed by atoms with Gasteiger partial charge in [0, 0.05) is 16.1 Å². The van der Waals surface area contributed by atoms with Gasteiger partial charge in [-0.05, 0) is 54.7 Å². The van der Waals surface area contributed by atoms with Crippen molar-refractivity contribution in [3.63, 3.8) is 0 Å². The molecular formula is C18H19Cl2N. The first-order chi connectivity index (χ1) is 10.0. The van der Waals surface area contributed by atoms with Crippen LogP contribution in [0.1, 0.15) is 18.1 Å². The van der Waals surface area contributed by atoms with Gasteiger partial charge in [0.2, 0.25) is 0 Å². The van der Waals surface area contributed by atoms with E-state index in [2.05, 4.69) is 12.2 Å². The van der Waals surface area contributed by atoms with Gasteiger partial charge in [-0.25, -0.2) is 0 Å². The molecule has 0 aromatic heterocycles. The Labute approximate surface area is 136 Å². The van der Waals surface area contributed by atoms with Gasteiger partial charge in [0.05, 0.1) is 0 Å². The molecule has 0 spiro atoms. The minimum Gasteiger partial charge on any atom is -0.327 e. The summed E-state index contributed by atoms with van der Waals surface area (Å²) >= 11 is 11.8. The van der Waals surface area contributed by atoms with Crippen LogP contribution in [0.15, 0.2) is 54.6 Å². The molecule has 110 valence electrons. The molecule has 2 N–H and O–H groups in total. The fourth-order valence-electron chi connectivity index (χ4n) is 2.13. The van der Waals surface area contributed by atoms with E-state index >= 15 is 0 Å². The Morgan fingerprint density at radius 1 is 0.952 bits per heavy atom. The van der Waals surface area contributed by atoms with Crippen molar-refractivity contribution in [1.82, 2.24) is 0 Å². The average Bonchev–Trinajstić information content (AvgIpc) is 2.47. The van der Waals surface area contributed by atoms with Crippen molar-refractivity contribution in [3.05, 3.63) is 75.8 Å². The lowest BCUT2D eigenvalue weighted by atomic mass is 9.92. The van der Waals surface area contributed by atoms with Crippen LogP contribution in [0, 0.1) is 5.92 Å². The van der Waals surface area contributed by atoms with Gasteiger partial charge in [-0.1, -0.05) is 59.6 Å². The van der Waals surface area contributed by atoms with Gasteiger partial charge < -0.3 is 5.73 Å². The predicted octanol–water partition coefficient (Wildman–Crippen LogP) is 5.21. The minimum atomic E-state index is 0.0872. The Bertz CT molecular complexity index is 586. The molecular weight excluding hydrogens is 301 g/mol. The van der Waals surface area contributed by atoms with Crippen LogP contribution < -0.4 is 5.73 Å². The SMILES string of the molecule is CC(N)C(/C=C/c1ccc(Cl)cc1)Cc1ccc(Cl)cc1. The van der Waals surface area contributed by atoms with Gasteiger partial charge in [0.1, 0.15) is 0 Å². The molecule has 2 aromatic carbocycles. The van der Waals surface area contributed by atoms with Gasteiger partial charge in [0.15, 0.2) is 0 Å². The maximum atomic E-state index is 6.10. The molecule has 0 saturated carbocycles. The van der Waals surface area contributed by atoms with E-state index in [0.717, 1.165) is 22.0 Å². The normalized spacial score (nSPS) is 14.3. The van der Waals surface area contributed by atoms with E-state index in [1.807, 2.05) is 55.5 Å². The van der Waals surface area contributed by atoms with E-state index in [9.17, 15) is 0 Å². The predicted molar refractivity (Wildman–Crippen MR) is 92.8 cm³/mol. The molecule has 0 aliphatic rings. The highest BCUT2D eigenvalue weighted by Gasteiger charge is 2.11. The molecule has 3 heteroatoms. The third kappa shape index (κ3) is 5.20. The standard InChI is InChI=1S/C18H19Cl2N/c1-13(21)16(12-15-5-10-18(20)11-6-15)7-2-14-3-8-17(19)9-4-14/h2-11,13,16H,12,21H2,1H3/b7-2+. The number of rotatable bonds is 5. The van der Waals surface area contributed by atoms with Crippen molar-refractivity contribution in [2.45, 2.75) is 19.4 Å². The van der Waals surface area contributed by atoms with Crippen molar-refractivity contribution in [1.29, 1.82) is 0 Å². The lowest BCUT2D eigenvalue weighted by Crippen LogP contribution is -2.26. The Balaban J connectivity index is 2.08. The van der Waals surface area contributed by atoms with Crippen LogP contribution in [-0.2, 0) is 6.42 Å². The van der Waals surface area contributed by atoms with Crippen LogP contribution in [0.5, 0.6) is 0 Å². The third-order valence-corrected chi connectivity index (χ3v) is 3.97. The van der Waals surface area contributed by atoms with E-state index in [1.54, 1.807) is 0 Å². The summed E-state index contributed by atoms with van der Waals surface area (Å²) in [5.41, 5.74) is 8.47. The van der Waals surface area contributed by atoms with E-state index in [-0.39, 0.29) is 12.0 Å². The lowest BCUT2D eigenvalue weighted by Gasteiger charge is -2.17. The molecule has 0 fully saturated rings. The highest BCUT2D eigenvalue weighted by atomic mass is 35.5. The molecule has 0 bridgehead atoms. The topological polar surface area (TPSA) is 26.0 Å². The summed E-state index contributed by atoms with van der Waals surface area (Å²) in [6.07, 6.45) is 5.17. The Morgan fingerprint density at radius 3 is 2.00 bits per heavy atom. The van der Waals surface area contributed by atoms with E-state index in [0.29, 0.717) is 0 Å². The lowest BCUT2D eigenvalue weighted by molar-refractivity contribution is 0.534. The average molecular weight is 320 g/mol. The van der Waals surface area contributed by atoms with Crippen LogP contribution >= 0.6 is 23.2 Å². The Morgan fingerprint density at radius 2 is 1.48 bits per heavy atom. The molecule has 1 nitrogen and oxygen atoms in total. The first kappa shape index (κ1) is 16.1. The van der Waals surface area contributed by atoms with Crippen LogP contribution in [0.4, 0.5) is 0 Å². The molecule has 2 rings (SSSR count). The molecule has 21 heavy (non-hydrogen) atoms. The molecule has 0 amide bonds. The summed E-state index contributed by atoms with van der Waals surface area (Å²) < 4.78 is 0. The first-order valence-corrected chi connectivity index (χ1v) is 7.74. The zero-order valence-corrected chi connectivity index (χ0v) is 13.5. The molecule has 0 aliphatic carbocycles. The minimum absolute atomic E-state index is 0.0872. The third-order valence-electron chi connectivity index (χ3n) is 3.47. The van der Waals surface area contributed by atoms with E-state index in [1.165, 1.54) is 5.56 Å². The molecule has 0 aliphatic heterocycles. The number of halogens is 2. The van der Waals surface area contributed by atoms with Gasteiger partial charge >= 0.3 is 0 Å². The fraction of sp³-hybridized carbons (Fsp3) is 0.222. The summed E-state index contributed by atoms with van der Waals surface area (Å²) in [6, 6.07) is 15.8. The van der Waals surface area contributed by atoms with Gasteiger partial charge in [-0.15, -0.1) is 0 Å². The Kier molecular flexibility index (Phi) is 5.86. The second-order valence-electron chi connectivity index (χ2n) is 5.26. The molecule has 2 aromatic rings. The maximum absolute atomic E-state index is 6.10. The number of hydrogen-bond donors (Lipinski definition) is 1. The number of benzene rings is 2. The van der Waals surface area contributed by atoms with Gasteiger partial charge in [-0.3, -0.25) is 0 Å². The quantitative estimate of drug-likeness (QED) is 0.804. The molecule has 2 atom stereocenters. The molecule has 2 unspecified atom stereocenters. The second kappa shape index (κ2) is 7.65. The largest absolute Gasteiger partial charge is 0.327 e. The van der Waals surface area contributed by atoms with E-state index in [4.69, 9.17) is 28.9 Å². The summed E-state index contributed by atoms with van der Waals surface area (Å²) in [4.78, 5) is 0. The summed E-state index contributed by atoms with van der Waals surface area (Å²) in [7, 11) is 0. The second-order valence-corrected chi connectivity index (χ2v) is 6.14. The van der Waals surface area contributed by atoms with Crippen LogP contribution in [0.3, 0.4) is 0 Å². The van der Waals surface area contributed by atoms with Crippen LogP contribution in [0.2, 0.25) is 10.0 Å². The van der Waals surface area contributed by atoms with Crippen molar-refractivity contribution in [3.8, 4) is 0 Å². The summed E-state index contributed by atoms with van der Waals surface area (Å²) in [6.45, 7) is 2.03. The smallest absolute Gasteiger partial charge is 0.0406 e. The van der Waals surface area contributed by atoms with Crippen LogP contribution in [0.25, 0.3) is 6.08 Å². The zero-order valence-electron chi connectivity index (χ0n) is 12.0. The summed E-state index contributed by atoms with van der Waals surface area (Å²) in [5.74, 6) is 0.279.